The minimum absolute atomic E-state index is 0.254. The van der Waals surface area contributed by atoms with Crippen molar-refractivity contribution in [1.82, 2.24) is 39.7 Å². The summed E-state index contributed by atoms with van der Waals surface area (Å²) in [6.07, 6.45) is 2.24. The van der Waals surface area contributed by atoms with E-state index in [0.29, 0.717) is 23.8 Å². The van der Waals surface area contributed by atoms with Crippen LogP contribution in [-0.4, -0.2) is 39.7 Å². The number of rotatable bonds is 4. The van der Waals surface area contributed by atoms with Crippen molar-refractivity contribution in [3.05, 3.63) is 72.2 Å². The standard InChI is InChI=1S/C20H17N9/c1-28-17(11-13-7-3-2-4-8-13)24-19(26-28)15-12-22-18(21)20(23-15)29-16-10-6-5-9-14(16)25-27-29/h2-10,12H,11H2,1H3,(H2,21,22). The van der Waals surface area contributed by atoms with Gasteiger partial charge in [0.1, 0.15) is 17.0 Å². The first-order chi connectivity index (χ1) is 14.2. The fourth-order valence-electron chi connectivity index (χ4n) is 3.14. The van der Waals surface area contributed by atoms with Crippen LogP contribution in [0.2, 0.25) is 0 Å². The molecule has 2 N–H and O–H groups in total. The summed E-state index contributed by atoms with van der Waals surface area (Å²) in [5.74, 6) is 1.97. The highest BCUT2D eigenvalue weighted by atomic mass is 15.5. The molecule has 0 saturated heterocycles. The molecule has 5 aromatic rings. The Hall–Kier alpha value is -4.14. The van der Waals surface area contributed by atoms with Crippen LogP contribution in [0.4, 0.5) is 5.82 Å². The molecule has 0 spiro atoms. The quantitative estimate of drug-likeness (QED) is 0.506. The molecule has 29 heavy (non-hydrogen) atoms. The first-order valence-corrected chi connectivity index (χ1v) is 9.06. The van der Waals surface area contributed by atoms with Gasteiger partial charge in [-0.15, -0.1) is 10.2 Å². The third-order valence-corrected chi connectivity index (χ3v) is 4.62. The summed E-state index contributed by atoms with van der Waals surface area (Å²) < 4.78 is 3.33. The number of benzene rings is 2. The lowest BCUT2D eigenvalue weighted by atomic mass is 10.1. The van der Waals surface area contributed by atoms with Crippen LogP contribution >= 0.6 is 0 Å². The van der Waals surface area contributed by atoms with Crippen molar-refractivity contribution in [3.63, 3.8) is 0 Å². The number of anilines is 1. The highest BCUT2D eigenvalue weighted by molar-refractivity contribution is 5.76. The van der Waals surface area contributed by atoms with Gasteiger partial charge in [0.25, 0.3) is 0 Å². The maximum absolute atomic E-state index is 6.08. The van der Waals surface area contributed by atoms with Crippen molar-refractivity contribution in [1.29, 1.82) is 0 Å². The van der Waals surface area contributed by atoms with Crippen LogP contribution in [-0.2, 0) is 13.5 Å². The normalized spacial score (nSPS) is 11.2. The lowest BCUT2D eigenvalue weighted by Crippen LogP contribution is -2.07. The fraction of sp³-hybridized carbons (Fsp3) is 0.100. The molecule has 0 radical (unpaired) electrons. The molecule has 0 aliphatic carbocycles. The molecule has 0 bridgehead atoms. The van der Waals surface area contributed by atoms with Crippen LogP contribution < -0.4 is 5.73 Å². The molecule has 0 saturated carbocycles. The van der Waals surface area contributed by atoms with Gasteiger partial charge in [-0.3, -0.25) is 4.68 Å². The number of nitrogen functional groups attached to an aromatic ring is 1. The molecule has 0 fully saturated rings. The number of nitrogens with zero attached hydrogens (tertiary/aromatic N) is 8. The van der Waals surface area contributed by atoms with Crippen LogP contribution in [0.5, 0.6) is 0 Å². The molecule has 5 rings (SSSR count). The third-order valence-electron chi connectivity index (χ3n) is 4.62. The largest absolute Gasteiger partial charge is 0.381 e. The summed E-state index contributed by atoms with van der Waals surface area (Å²) >= 11 is 0. The number of hydrogen-bond acceptors (Lipinski definition) is 7. The molecular formula is C20H17N9. The minimum Gasteiger partial charge on any atom is -0.381 e. The molecule has 2 aromatic carbocycles. The van der Waals surface area contributed by atoms with Crippen LogP contribution in [0, 0.1) is 0 Å². The summed E-state index contributed by atoms with van der Waals surface area (Å²) in [6.45, 7) is 0. The van der Waals surface area contributed by atoms with E-state index in [4.69, 9.17) is 5.73 Å². The van der Waals surface area contributed by atoms with Gasteiger partial charge in [-0.05, 0) is 17.7 Å². The maximum atomic E-state index is 6.08. The van der Waals surface area contributed by atoms with Crippen LogP contribution in [0.1, 0.15) is 11.4 Å². The Bertz CT molecular complexity index is 1300. The van der Waals surface area contributed by atoms with Crippen molar-refractivity contribution >= 4 is 16.9 Å². The SMILES string of the molecule is Cn1nc(-c2cnc(N)c(-n3nnc4ccccc43)n2)nc1Cc1ccccc1. The second kappa shape index (κ2) is 6.79. The van der Waals surface area contributed by atoms with Gasteiger partial charge in [-0.2, -0.15) is 4.68 Å². The average molecular weight is 383 g/mol. The van der Waals surface area contributed by atoms with E-state index in [1.165, 1.54) is 0 Å². The predicted octanol–water partition coefficient (Wildman–Crippen LogP) is 2.18. The monoisotopic (exact) mass is 383 g/mol. The van der Waals surface area contributed by atoms with Crippen molar-refractivity contribution < 1.29 is 0 Å². The third kappa shape index (κ3) is 3.08. The zero-order chi connectivity index (χ0) is 19.8. The molecule has 0 unspecified atom stereocenters. The second-order valence-electron chi connectivity index (χ2n) is 6.59. The Labute approximate surface area is 165 Å². The van der Waals surface area contributed by atoms with Gasteiger partial charge in [-0.25, -0.2) is 15.0 Å². The van der Waals surface area contributed by atoms with Gasteiger partial charge in [-0.1, -0.05) is 47.7 Å². The molecule has 3 aromatic heterocycles. The molecule has 3 heterocycles. The van der Waals surface area contributed by atoms with E-state index in [9.17, 15) is 0 Å². The van der Waals surface area contributed by atoms with E-state index in [1.807, 2.05) is 49.5 Å². The fourth-order valence-corrected chi connectivity index (χ4v) is 3.14. The first kappa shape index (κ1) is 17.0. The number of aromatic nitrogens is 8. The number of nitrogens with two attached hydrogens (primary N) is 1. The van der Waals surface area contributed by atoms with Gasteiger partial charge < -0.3 is 5.73 Å². The summed E-state index contributed by atoms with van der Waals surface area (Å²) in [4.78, 5) is 13.6. The number of fused-ring (bicyclic) bond motifs is 1. The van der Waals surface area contributed by atoms with E-state index >= 15 is 0 Å². The Kier molecular flexibility index (Phi) is 3.98. The Morgan fingerprint density at radius 3 is 2.62 bits per heavy atom. The topological polar surface area (TPSA) is 113 Å². The van der Waals surface area contributed by atoms with Gasteiger partial charge in [0.05, 0.1) is 11.7 Å². The molecular weight excluding hydrogens is 366 g/mol. The first-order valence-electron chi connectivity index (χ1n) is 9.06. The van der Waals surface area contributed by atoms with E-state index in [0.717, 1.165) is 22.4 Å². The molecule has 9 heteroatoms. The highest BCUT2D eigenvalue weighted by Crippen LogP contribution is 2.21. The van der Waals surface area contributed by atoms with E-state index in [1.54, 1.807) is 15.6 Å². The second-order valence-corrected chi connectivity index (χ2v) is 6.59. The van der Waals surface area contributed by atoms with Gasteiger partial charge in [0.2, 0.25) is 5.82 Å². The summed E-state index contributed by atoms with van der Waals surface area (Å²) in [6, 6.07) is 17.7. The van der Waals surface area contributed by atoms with E-state index < -0.39 is 0 Å². The molecule has 142 valence electrons. The van der Waals surface area contributed by atoms with Crippen molar-refractivity contribution in [3.8, 4) is 17.3 Å². The smallest absolute Gasteiger partial charge is 0.201 e. The van der Waals surface area contributed by atoms with Crippen LogP contribution in [0.25, 0.3) is 28.4 Å². The Balaban J connectivity index is 1.55. The lowest BCUT2D eigenvalue weighted by molar-refractivity contribution is 0.717. The van der Waals surface area contributed by atoms with E-state index in [2.05, 4.69) is 42.5 Å². The molecule has 0 aliphatic heterocycles. The predicted molar refractivity (Wildman–Crippen MR) is 108 cm³/mol. The maximum Gasteiger partial charge on any atom is 0.201 e. The minimum atomic E-state index is 0.254. The molecule has 0 amide bonds. The van der Waals surface area contributed by atoms with E-state index in [-0.39, 0.29) is 5.82 Å². The van der Waals surface area contributed by atoms with Crippen molar-refractivity contribution in [2.24, 2.45) is 7.05 Å². The highest BCUT2D eigenvalue weighted by Gasteiger charge is 2.16. The average Bonchev–Trinajstić information content (AvgIpc) is 3.33. The van der Waals surface area contributed by atoms with Crippen molar-refractivity contribution in [2.75, 3.05) is 5.73 Å². The molecule has 9 nitrogen and oxygen atoms in total. The van der Waals surface area contributed by atoms with Crippen LogP contribution in [0.15, 0.2) is 60.8 Å². The summed E-state index contributed by atoms with van der Waals surface area (Å²) in [5.41, 5.74) is 9.30. The zero-order valence-corrected chi connectivity index (χ0v) is 15.6. The Morgan fingerprint density at radius 2 is 1.76 bits per heavy atom. The lowest BCUT2D eigenvalue weighted by Gasteiger charge is -2.05. The summed E-state index contributed by atoms with van der Waals surface area (Å²) in [7, 11) is 1.87. The number of para-hydroxylation sites is 1. The zero-order valence-electron chi connectivity index (χ0n) is 15.6. The van der Waals surface area contributed by atoms with Crippen molar-refractivity contribution in [2.45, 2.75) is 6.42 Å². The van der Waals surface area contributed by atoms with Gasteiger partial charge in [0.15, 0.2) is 11.6 Å². The van der Waals surface area contributed by atoms with Gasteiger partial charge in [0, 0.05) is 13.5 Å². The van der Waals surface area contributed by atoms with Gasteiger partial charge >= 0.3 is 0 Å². The number of hydrogen-bond donors (Lipinski definition) is 1. The van der Waals surface area contributed by atoms with Crippen LogP contribution in [0.3, 0.4) is 0 Å². The number of aryl methyl sites for hydroxylation is 1. The molecule has 0 aliphatic rings. The molecule has 0 atom stereocenters. The Morgan fingerprint density at radius 1 is 0.966 bits per heavy atom. The summed E-state index contributed by atoms with van der Waals surface area (Å²) in [5, 5.41) is 12.8.